The van der Waals surface area contributed by atoms with Crippen LogP contribution >= 0.6 is 0 Å². The van der Waals surface area contributed by atoms with E-state index >= 15 is 0 Å². The van der Waals surface area contributed by atoms with Crippen molar-refractivity contribution < 1.29 is 5.11 Å². The first-order chi connectivity index (χ1) is 6.70. The van der Waals surface area contributed by atoms with Crippen LogP contribution in [0, 0.1) is 6.92 Å². The van der Waals surface area contributed by atoms with Gasteiger partial charge in [-0.2, -0.15) is 0 Å². The molecule has 0 spiro atoms. The summed E-state index contributed by atoms with van der Waals surface area (Å²) < 4.78 is 0. The summed E-state index contributed by atoms with van der Waals surface area (Å²) in [6.07, 6.45) is -0.595. The molecule has 1 aromatic heterocycles. The third-order valence-electron chi connectivity index (χ3n) is 2.38. The Morgan fingerprint density at radius 1 is 1.43 bits per heavy atom. The van der Waals surface area contributed by atoms with Crippen LogP contribution in [0.2, 0.25) is 0 Å². The molecule has 14 heavy (non-hydrogen) atoms. The molecule has 0 saturated carbocycles. The molecule has 0 aliphatic carbocycles. The summed E-state index contributed by atoms with van der Waals surface area (Å²) in [6, 6.07) is 8.08. The molecule has 0 bridgehead atoms. The first-order valence-corrected chi connectivity index (χ1v) is 4.68. The fraction of sp³-hybridized carbons (Fsp3) is 0.273. The van der Waals surface area contributed by atoms with E-state index in [0.717, 1.165) is 16.6 Å². The summed E-state index contributed by atoms with van der Waals surface area (Å²) in [4.78, 5) is 3.14. The molecule has 3 heteroatoms. The molecule has 2 rings (SSSR count). The van der Waals surface area contributed by atoms with Crippen LogP contribution in [0.25, 0.3) is 10.9 Å². The highest BCUT2D eigenvalue weighted by Gasteiger charge is 2.08. The minimum atomic E-state index is -0.595. The quantitative estimate of drug-likeness (QED) is 0.671. The minimum absolute atomic E-state index is 0.242. The molecule has 1 atom stereocenters. The van der Waals surface area contributed by atoms with Gasteiger partial charge in [-0.3, -0.25) is 0 Å². The Morgan fingerprint density at radius 2 is 2.21 bits per heavy atom. The number of aromatic amines is 1. The topological polar surface area (TPSA) is 62.0 Å². The molecule has 1 unspecified atom stereocenters. The summed E-state index contributed by atoms with van der Waals surface area (Å²) in [5.74, 6) is 0. The average molecular weight is 190 g/mol. The third-order valence-corrected chi connectivity index (χ3v) is 2.38. The van der Waals surface area contributed by atoms with Gasteiger partial charge >= 0.3 is 0 Å². The van der Waals surface area contributed by atoms with Gasteiger partial charge in [0, 0.05) is 23.1 Å². The van der Waals surface area contributed by atoms with Crippen LogP contribution < -0.4 is 5.73 Å². The number of H-pyrrole nitrogens is 1. The monoisotopic (exact) mass is 190 g/mol. The number of nitrogens with two attached hydrogens (primary N) is 1. The molecule has 0 aliphatic heterocycles. The number of aliphatic hydroxyl groups is 1. The van der Waals surface area contributed by atoms with Crippen LogP contribution in [-0.4, -0.2) is 16.6 Å². The van der Waals surface area contributed by atoms with E-state index in [2.05, 4.69) is 11.1 Å². The van der Waals surface area contributed by atoms with Gasteiger partial charge in [-0.15, -0.1) is 0 Å². The van der Waals surface area contributed by atoms with Crippen LogP contribution in [0.5, 0.6) is 0 Å². The SMILES string of the molecule is Cc1ccc2[nH]c(C(O)CN)cc2c1. The number of benzene rings is 1. The molecule has 2 aromatic rings. The second-order valence-corrected chi connectivity index (χ2v) is 3.57. The van der Waals surface area contributed by atoms with Crippen LogP contribution in [-0.2, 0) is 0 Å². The highest BCUT2D eigenvalue weighted by molar-refractivity contribution is 5.81. The molecule has 3 nitrogen and oxygen atoms in total. The first kappa shape index (κ1) is 9.24. The van der Waals surface area contributed by atoms with Crippen molar-refractivity contribution in [3.05, 3.63) is 35.5 Å². The number of aryl methyl sites for hydroxylation is 1. The molecule has 1 heterocycles. The summed E-state index contributed by atoms with van der Waals surface area (Å²) >= 11 is 0. The Labute approximate surface area is 82.6 Å². The van der Waals surface area contributed by atoms with Crippen molar-refractivity contribution in [1.29, 1.82) is 0 Å². The highest BCUT2D eigenvalue weighted by atomic mass is 16.3. The maximum atomic E-state index is 9.54. The van der Waals surface area contributed by atoms with Gasteiger partial charge in [0.25, 0.3) is 0 Å². The Morgan fingerprint density at radius 3 is 2.93 bits per heavy atom. The van der Waals surface area contributed by atoms with E-state index in [9.17, 15) is 5.11 Å². The molecular formula is C11H14N2O. The van der Waals surface area contributed by atoms with E-state index in [0.29, 0.717) is 0 Å². The molecular weight excluding hydrogens is 176 g/mol. The van der Waals surface area contributed by atoms with Crippen molar-refractivity contribution in [1.82, 2.24) is 4.98 Å². The highest BCUT2D eigenvalue weighted by Crippen LogP contribution is 2.20. The number of nitrogens with one attached hydrogen (secondary N) is 1. The summed E-state index contributed by atoms with van der Waals surface area (Å²) in [5, 5.41) is 10.7. The van der Waals surface area contributed by atoms with Crippen molar-refractivity contribution in [2.45, 2.75) is 13.0 Å². The third kappa shape index (κ3) is 1.52. The molecule has 0 saturated heterocycles. The lowest BCUT2D eigenvalue weighted by atomic mass is 10.2. The maximum absolute atomic E-state index is 9.54. The smallest absolute Gasteiger partial charge is 0.106 e. The van der Waals surface area contributed by atoms with Crippen LogP contribution in [0.15, 0.2) is 24.3 Å². The Bertz CT molecular complexity index is 447. The minimum Gasteiger partial charge on any atom is -0.386 e. The largest absolute Gasteiger partial charge is 0.386 e. The number of aromatic nitrogens is 1. The predicted octanol–water partition coefficient (Wildman–Crippen LogP) is 1.47. The predicted molar refractivity (Wildman–Crippen MR) is 57.0 cm³/mol. The standard InChI is InChI=1S/C11H14N2O/c1-7-2-3-9-8(4-7)5-10(13-9)11(14)6-12/h2-5,11,13-14H,6,12H2,1H3. The molecule has 0 aliphatic rings. The average Bonchev–Trinajstić information content (AvgIpc) is 2.59. The number of rotatable bonds is 2. The van der Waals surface area contributed by atoms with Crippen molar-refractivity contribution in [3.8, 4) is 0 Å². The molecule has 1 aromatic carbocycles. The van der Waals surface area contributed by atoms with E-state index in [1.807, 2.05) is 25.1 Å². The van der Waals surface area contributed by atoms with Gasteiger partial charge in [0.15, 0.2) is 0 Å². The summed E-state index contributed by atoms with van der Waals surface area (Å²) in [7, 11) is 0. The molecule has 0 fully saturated rings. The fourth-order valence-electron chi connectivity index (χ4n) is 1.58. The number of aliphatic hydroxyl groups excluding tert-OH is 1. The molecule has 74 valence electrons. The lowest BCUT2D eigenvalue weighted by Gasteiger charge is -2.02. The van der Waals surface area contributed by atoms with E-state index in [4.69, 9.17) is 5.73 Å². The number of hydrogen-bond donors (Lipinski definition) is 3. The lowest BCUT2D eigenvalue weighted by molar-refractivity contribution is 0.183. The van der Waals surface area contributed by atoms with Crippen molar-refractivity contribution in [3.63, 3.8) is 0 Å². The zero-order chi connectivity index (χ0) is 10.1. The maximum Gasteiger partial charge on any atom is 0.106 e. The number of hydrogen-bond acceptors (Lipinski definition) is 2. The zero-order valence-corrected chi connectivity index (χ0v) is 8.12. The van der Waals surface area contributed by atoms with E-state index < -0.39 is 6.10 Å². The fourth-order valence-corrected chi connectivity index (χ4v) is 1.58. The van der Waals surface area contributed by atoms with Crippen molar-refractivity contribution >= 4 is 10.9 Å². The first-order valence-electron chi connectivity index (χ1n) is 4.68. The number of fused-ring (bicyclic) bond motifs is 1. The Hall–Kier alpha value is -1.32. The van der Waals surface area contributed by atoms with Gasteiger partial charge in [0.05, 0.1) is 0 Å². The van der Waals surface area contributed by atoms with Crippen molar-refractivity contribution in [2.24, 2.45) is 5.73 Å². The van der Waals surface area contributed by atoms with Gasteiger partial charge in [-0.05, 0) is 25.1 Å². The molecule has 0 amide bonds. The normalized spacial score (nSPS) is 13.4. The molecule has 0 radical (unpaired) electrons. The van der Waals surface area contributed by atoms with Gasteiger partial charge in [0.2, 0.25) is 0 Å². The summed E-state index contributed by atoms with van der Waals surface area (Å²) in [5.41, 5.74) is 8.42. The van der Waals surface area contributed by atoms with Crippen molar-refractivity contribution in [2.75, 3.05) is 6.54 Å². The second-order valence-electron chi connectivity index (χ2n) is 3.57. The second kappa shape index (κ2) is 3.44. The van der Waals surface area contributed by atoms with Gasteiger partial charge < -0.3 is 15.8 Å². The van der Waals surface area contributed by atoms with Crippen LogP contribution in [0.4, 0.5) is 0 Å². The van der Waals surface area contributed by atoms with Gasteiger partial charge in [0.1, 0.15) is 6.10 Å². The van der Waals surface area contributed by atoms with E-state index in [-0.39, 0.29) is 6.54 Å². The summed E-state index contributed by atoms with van der Waals surface area (Å²) in [6.45, 7) is 2.29. The van der Waals surface area contributed by atoms with Crippen LogP contribution in [0.3, 0.4) is 0 Å². The lowest BCUT2D eigenvalue weighted by Crippen LogP contribution is -2.11. The van der Waals surface area contributed by atoms with E-state index in [1.165, 1.54) is 5.56 Å². The van der Waals surface area contributed by atoms with Crippen LogP contribution in [0.1, 0.15) is 17.4 Å². The van der Waals surface area contributed by atoms with Gasteiger partial charge in [-0.1, -0.05) is 11.6 Å². The van der Waals surface area contributed by atoms with Gasteiger partial charge in [-0.25, -0.2) is 0 Å². The molecule has 4 N–H and O–H groups in total. The van der Waals surface area contributed by atoms with E-state index in [1.54, 1.807) is 0 Å². The Kier molecular flexibility index (Phi) is 2.27. The zero-order valence-electron chi connectivity index (χ0n) is 8.12. The Balaban J connectivity index is 2.51.